The lowest BCUT2D eigenvalue weighted by Gasteiger charge is -2.29. The van der Waals surface area contributed by atoms with Gasteiger partial charge in [0.1, 0.15) is 0 Å². The van der Waals surface area contributed by atoms with Crippen LogP contribution in [0.3, 0.4) is 0 Å². The van der Waals surface area contributed by atoms with Crippen LogP contribution in [-0.4, -0.2) is 38.0 Å². The highest BCUT2D eigenvalue weighted by molar-refractivity contribution is 7.88. The summed E-state index contributed by atoms with van der Waals surface area (Å²) in [6, 6.07) is 3.55. The molecule has 0 atom stereocenters. The van der Waals surface area contributed by atoms with Crippen LogP contribution < -0.4 is 5.32 Å². The summed E-state index contributed by atoms with van der Waals surface area (Å²) in [5.41, 5.74) is -0.203. The van der Waals surface area contributed by atoms with Crippen LogP contribution in [-0.2, 0) is 14.8 Å². The van der Waals surface area contributed by atoms with Crippen LogP contribution in [0, 0.1) is 17.6 Å². The van der Waals surface area contributed by atoms with Crippen molar-refractivity contribution in [1.29, 1.82) is 0 Å². The fraction of sp³-hybridized carbons (Fsp3) is 0.462. The second-order valence-electron chi connectivity index (χ2n) is 5.03. The molecule has 1 aromatic rings. The lowest BCUT2D eigenvalue weighted by molar-refractivity contribution is -0.120. The molecule has 0 aromatic heterocycles. The lowest BCUT2D eigenvalue weighted by atomic mass is 9.97. The minimum atomic E-state index is -3.25. The summed E-state index contributed by atoms with van der Waals surface area (Å²) in [5, 5.41) is 2.35. The number of rotatable bonds is 3. The molecule has 1 saturated heterocycles. The van der Waals surface area contributed by atoms with Crippen molar-refractivity contribution in [2.45, 2.75) is 12.8 Å². The molecule has 0 aliphatic carbocycles. The molecule has 0 unspecified atom stereocenters. The zero-order chi connectivity index (χ0) is 15.6. The van der Waals surface area contributed by atoms with E-state index in [0.717, 1.165) is 12.3 Å². The Morgan fingerprint density at radius 2 is 1.90 bits per heavy atom. The molecule has 1 heterocycles. The molecular formula is C13H16F2N2O3S. The number of anilines is 1. The first kappa shape index (κ1) is 15.8. The number of hydrogen-bond donors (Lipinski definition) is 1. The first-order chi connectivity index (χ1) is 9.79. The van der Waals surface area contributed by atoms with E-state index in [2.05, 4.69) is 5.32 Å². The SMILES string of the molecule is CS(=O)(=O)N1CCC(C(=O)Nc2cccc(F)c2F)CC1. The maximum atomic E-state index is 13.5. The van der Waals surface area contributed by atoms with Gasteiger partial charge in [-0.2, -0.15) is 0 Å². The third kappa shape index (κ3) is 3.76. The minimum Gasteiger partial charge on any atom is -0.323 e. The van der Waals surface area contributed by atoms with Crippen LogP contribution in [0.25, 0.3) is 0 Å². The van der Waals surface area contributed by atoms with Crippen molar-refractivity contribution in [2.24, 2.45) is 5.92 Å². The van der Waals surface area contributed by atoms with Gasteiger partial charge in [-0.1, -0.05) is 6.07 Å². The first-order valence-electron chi connectivity index (χ1n) is 6.49. The smallest absolute Gasteiger partial charge is 0.227 e. The quantitative estimate of drug-likeness (QED) is 0.920. The molecule has 8 heteroatoms. The predicted molar refractivity (Wildman–Crippen MR) is 74.1 cm³/mol. The number of hydrogen-bond acceptors (Lipinski definition) is 3. The van der Waals surface area contributed by atoms with E-state index < -0.39 is 33.5 Å². The van der Waals surface area contributed by atoms with Crippen molar-refractivity contribution in [3.05, 3.63) is 29.8 Å². The molecule has 0 saturated carbocycles. The highest BCUT2D eigenvalue weighted by Gasteiger charge is 2.29. The molecule has 116 valence electrons. The molecular weight excluding hydrogens is 302 g/mol. The average Bonchev–Trinajstić information content (AvgIpc) is 2.43. The standard InChI is InChI=1S/C13H16F2N2O3S/c1-21(19,20)17-7-5-9(6-8-17)13(18)16-11-4-2-3-10(14)12(11)15/h2-4,9H,5-8H2,1H3,(H,16,18). The summed E-state index contributed by atoms with van der Waals surface area (Å²) in [6.07, 6.45) is 1.83. The van der Waals surface area contributed by atoms with E-state index in [9.17, 15) is 22.0 Å². The second-order valence-corrected chi connectivity index (χ2v) is 7.01. The van der Waals surface area contributed by atoms with Crippen molar-refractivity contribution >= 4 is 21.6 Å². The van der Waals surface area contributed by atoms with Crippen LogP contribution >= 0.6 is 0 Å². The van der Waals surface area contributed by atoms with Crippen LogP contribution in [0.1, 0.15) is 12.8 Å². The van der Waals surface area contributed by atoms with Crippen molar-refractivity contribution in [1.82, 2.24) is 4.31 Å². The van der Waals surface area contributed by atoms with Gasteiger partial charge in [0, 0.05) is 19.0 Å². The Balaban J connectivity index is 1.98. The van der Waals surface area contributed by atoms with E-state index in [1.165, 1.54) is 16.4 Å². The summed E-state index contributed by atoms with van der Waals surface area (Å²) < 4.78 is 50.6. The van der Waals surface area contributed by atoms with Gasteiger partial charge in [0.05, 0.1) is 11.9 Å². The van der Waals surface area contributed by atoms with Gasteiger partial charge >= 0.3 is 0 Å². The molecule has 0 radical (unpaired) electrons. The normalized spacial score (nSPS) is 17.7. The van der Waals surface area contributed by atoms with Crippen LogP contribution in [0.4, 0.5) is 14.5 Å². The number of amides is 1. The van der Waals surface area contributed by atoms with Crippen LogP contribution in [0.2, 0.25) is 0 Å². The van der Waals surface area contributed by atoms with Gasteiger partial charge in [-0.15, -0.1) is 0 Å². The molecule has 1 aliphatic heterocycles. The Kier molecular flexibility index (Phi) is 4.58. The number of nitrogens with one attached hydrogen (secondary N) is 1. The van der Waals surface area contributed by atoms with E-state index in [-0.39, 0.29) is 18.8 Å². The highest BCUT2D eigenvalue weighted by Crippen LogP contribution is 2.22. The van der Waals surface area contributed by atoms with E-state index in [4.69, 9.17) is 0 Å². The van der Waals surface area contributed by atoms with Crippen molar-refractivity contribution in [2.75, 3.05) is 24.7 Å². The first-order valence-corrected chi connectivity index (χ1v) is 8.34. The molecule has 1 N–H and O–H groups in total. The molecule has 1 fully saturated rings. The molecule has 0 spiro atoms. The van der Waals surface area contributed by atoms with Gasteiger partial charge in [0.15, 0.2) is 11.6 Å². The largest absolute Gasteiger partial charge is 0.323 e. The Bertz CT molecular complexity index is 641. The molecule has 5 nitrogen and oxygen atoms in total. The fourth-order valence-electron chi connectivity index (χ4n) is 2.28. The molecule has 1 aromatic carbocycles. The monoisotopic (exact) mass is 318 g/mol. The van der Waals surface area contributed by atoms with Crippen molar-refractivity contribution in [3.63, 3.8) is 0 Å². The summed E-state index contributed by atoms with van der Waals surface area (Å²) in [6.45, 7) is 0.505. The van der Waals surface area contributed by atoms with Gasteiger partial charge in [0.2, 0.25) is 15.9 Å². The Hall–Kier alpha value is -1.54. The topological polar surface area (TPSA) is 66.5 Å². The number of halogens is 2. The summed E-state index contributed by atoms with van der Waals surface area (Å²) in [5.74, 6) is -2.96. The number of sulfonamides is 1. The number of benzene rings is 1. The zero-order valence-electron chi connectivity index (χ0n) is 11.5. The molecule has 1 amide bonds. The number of carbonyl (C=O) groups is 1. The Morgan fingerprint density at radius 3 is 2.48 bits per heavy atom. The number of carbonyl (C=O) groups excluding carboxylic acids is 1. The van der Waals surface area contributed by atoms with Gasteiger partial charge in [-0.3, -0.25) is 4.79 Å². The van der Waals surface area contributed by atoms with E-state index in [0.29, 0.717) is 12.8 Å². The van der Waals surface area contributed by atoms with Gasteiger partial charge in [-0.05, 0) is 25.0 Å². The fourth-order valence-corrected chi connectivity index (χ4v) is 3.16. The molecule has 0 bridgehead atoms. The predicted octanol–water partition coefficient (Wildman–Crippen LogP) is 1.57. The third-order valence-electron chi connectivity index (χ3n) is 3.50. The van der Waals surface area contributed by atoms with E-state index in [1.807, 2.05) is 0 Å². The average molecular weight is 318 g/mol. The van der Waals surface area contributed by atoms with Gasteiger partial charge in [0.25, 0.3) is 0 Å². The maximum Gasteiger partial charge on any atom is 0.227 e. The van der Waals surface area contributed by atoms with Crippen LogP contribution in [0.15, 0.2) is 18.2 Å². The Morgan fingerprint density at radius 1 is 1.29 bits per heavy atom. The molecule has 21 heavy (non-hydrogen) atoms. The minimum absolute atomic E-state index is 0.203. The third-order valence-corrected chi connectivity index (χ3v) is 4.81. The lowest BCUT2D eigenvalue weighted by Crippen LogP contribution is -2.40. The van der Waals surface area contributed by atoms with Crippen molar-refractivity contribution in [3.8, 4) is 0 Å². The van der Waals surface area contributed by atoms with Gasteiger partial charge in [-0.25, -0.2) is 21.5 Å². The maximum absolute atomic E-state index is 13.5. The molecule has 2 rings (SSSR count). The Labute approximate surface area is 122 Å². The number of nitrogens with zero attached hydrogens (tertiary/aromatic N) is 1. The van der Waals surface area contributed by atoms with E-state index >= 15 is 0 Å². The van der Waals surface area contributed by atoms with E-state index in [1.54, 1.807) is 0 Å². The summed E-state index contributed by atoms with van der Waals surface area (Å²) in [4.78, 5) is 12.0. The number of piperidine rings is 1. The zero-order valence-corrected chi connectivity index (χ0v) is 12.3. The summed E-state index contributed by atoms with van der Waals surface area (Å²) in [7, 11) is -3.25. The van der Waals surface area contributed by atoms with Gasteiger partial charge < -0.3 is 5.32 Å². The molecule has 1 aliphatic rings. The van der Waals surface area contributed by atoms with Crippen LogP contribution in [0.5, 0.6) is 0 Å². The highest BCUT2D eigenvalue weighted by atomic mass is 32.2. The van der Waals surface area contributed by atoms with Crippen molar-refractivity contribution < 1.29 is 22.0 Å². The summed E-state index contributed by atoms with van der Waals surface area (Å²) >= 11 is 0. The second kappa shape index (κ2) is 6.07.